The Morgan fingerprint density at radius 3 is 1.28 bits per heavy atom. The van der Waals surface area contributed by atoms with Crippen molar-refractivity contribution in [3.8, 4) is 0 Å². The average molecular weight is 242 g/mol. The monoisotopic (exact) mass is 242 g/mol. The number of hydrogen-bond donors (Lipinski definition) is 0. The molecule has 98 valence electrons. The van der Waals surface area contributed by atoms with Crippen LogP contribution in [0, 0.1) is 0 Å². The van der Waals surface area contributed by atoms with Crippen LogP contribution in [0.4, 0.5) is 0 Å². The third-order valence-electron chi connectivity index (χ3n) is 4.87. The summed E-state index contributed by atoms with van der Waals surface area (Å²) in [6.45, 7) is 0. The smallest absolute Gasteiger partial charge is 0.0273 e. The van der Waals surface area contributed by atoms with E-state index in [4.69, 9.17) is 0 Å². The lowest BCUT2D eigenvalue weighted by Gasteiger charge is -2.22. The number of hydrogen-bond acceptors (Lipinski definition) is 0. The average Bonchev–Trinajstić information content (AvgIpc) is 2.31. The van der Waals surface area contributed by atoms with E-state index < -0.39 is 0 Å². The topological polar surface area (TPSA) is 0 Å². The Labute approximate surface area is 112 Å². The summed E-state index contributed by atoms with van der Waals surface area (Å²) >= 11 is 0. The largest absolute Gasteiger partial charge is 0.0585 e. The molecule has 1 aromatic carbocycles. The summed E-state index contributed by atoms with van der Waals surface area (Å²) in [5.74, 6) is 0. The highest BCUT2D eigenvalue weighted by Gasteiger charge is 2.15. The van der Waals surface area contributed by atoms with Crippen molar-refractivity contribution in [2.24, 2.45) is 0 Å². The van der Waals surface area contributed by atoms with E-state index in [-0.39, 0.29) is 0 Å². The minimum Gasteiger partial charge on any atom is -0.0585 e. The summed E-state index contributed by atoms with van der Waals surface area (Å²) in [4.78, 5) is 0. The van der Waals surface area contributed by atoms with Crippen molar-refractivity contribution in [1.82, 2.24) is 0 Å². The number of fused-ring (bicyclic) bond motifs is 3. The molecular formula is C18H26. The molecule has 0 aliphatic heterocycles. The first-order chi connectivity index (χ1) is 8.95. The second-order valence-electron chi connectivity index (χ2n) is 6.17. The van der Waals surface area contributed by atoms with Gasteiger partial charge in [-0.05, 0) is 73.6 Å². The van der Waals surface area contributed by atoms with E-state index in [2.05, 4.69) is 12.1 Å². The van der Waals surface area contributed by atoms with Crippen molar-refractivity contribution in [1.29, 1.82) is 0 Å². The quantitative estimate of drug-likeness (QED) is 0.600. The van der Waals surface area contributed by atoms with Crippen molar-refractivity contribution in [3.05, 3.63) is 34.4 Å². The molecule has 0 heterocycles. The third-order valence-corrected chi connectivity index (χ3v) is 4.87. The lowest BCUT2D eigenvalue weighted by molar-refractivity contribution is 0.593. The van der Waals surface area contributed by atoms with Gasteiger partial charge < -0.3 is 0 Å². The van der Waals surface area contributed by atoms with Gasteiger partial charge in [-0.15, -0.1) is 0 Å². The molecule has 0 N–H and O–H groups in total. The van der Waals surface area contributed by atoms with Gasteiger partial charge in [0.05, 0.1) is 0 Å². The predicted molar refractivity (Wildman–Crippen MR) is 78.2 cm³/mol. The molecule has 0 aromatic heterocycles. The van der Waals surface area contributed by atoms with Crippen LogP contribution in [-0.4, -0.2) is 0 Å². The van der Waals surface area contributed by atoms with Crippen molar-refractivity contribution in [2.75, 3.05) is 0 Å². The summed E-state index contributed by atoms with van der Waals surface area (Å²) in [6.07, 6.45) is 16.8. The summed E-state index contributed by atoms with van der Waals surface area (Å²) < 4.78 is 0. The molecule has 2 aliphatic carbocycles. The summed E-state index contributed by atoms with van der Waals surface area (Å²) in [7, 11) is 0. The Hall–Kier alpha value is -0.780. The molecule has 0 unspecified atom stereocenters. The molecule has 0 spiro atoms. The van der Waals surface area contributed by atoms with Crippen LogP contribution < -0.4 is 0 Å². The fourth-order valence-corrected chi connectivity index (χ4v) is 3.82. The third kappa shape index (κ3) is 2.63. The molecule has 0 fully saturated rings. The van der Waals surface area contributed by atoms with Crippen LogP contribution in [0.15, 0.2) is 12.1 Å². The van der Waals surface area contributed by atoms with Crippen LogP contribution in [0.25, 0.3) is 0 Å². The van der Waals surface area contributed by atoms with E-state index in [1.54, 1.807) is 22.3 Å². The molecule has 0 heteroatoms. The van der Waals surface area contributed by atoms with Crippen molar-refractivity contribution >= 4 is 0 Å². The van der Waals surface area contributed by atoms with Gasteiger partial charge in [0.25, 0.3) is 0 Å². The van der Waals surface area contributed by atoms with Crippen LogP contribution in [0.1, 0.15) is 73.6 Å². The molecule has 0 saturated carbocycles. The zero-order valence-electron chi connectivity index (χ0n) is 11.6. The molecule has 0 bridgehead atoms. The Kier molecular flexibility index (Phi) is 4.02. The summed E-state index contributed by atoms with van der Waals surface area (Å²) in [5.41, 5.74) is 6.92. The molecule has 2 aliphatic rings. The molecule has 1 aromatic rings. The van der Waals surface area contributed by atoms with Crippen molar-refractivity contribution in [3.63, 3.8) is 0 Å². The van der Waals surface area contributed by atoms with E-state index in [1.165, 1.54) is 77.0 Å². The minimum atomic E-state index is 1.34. The van der Waals surface area contributed by atoms with Gasteiger partial charge in [0.15, 0.2) is 0 Å². The minimum absolute atomic E-state index is 1.34. The van der Waals surface area contributed by atoms with Gasteiger partial charge in [0.2, 0.25) is 0 Å². The highest BCUT2D eigenvalue weighted by molar-refractivity contribution is 5.42. The maximum Gasteiger partial charge on any atom is -0.0273 e. The maximum atomic E-state index is 2.46. The number of benzene rings is 1. The fourth-order valence-electron chi connectivity index (χ4n) is 3.82. The second kappa shape index (κ2) is 5.91. The SMILES string of the molecule is c1cc2c(c3c1CCCCCC3)CCCCCC2. The van der Waals surface area contributed by atoms with Gasteiger partial charge in [0.1, 0.15) is 0 Å². The lowest BCUT2D eigenvalue weighted by Crippen LogP contribution is -2.09. The lowest BCUT2D eigenvalue weighted by atomic mass is 9.83. The summed E-state index contributed by atoms with van der Waals surface area (Å²) in [6, 6.07) is 4.92. The van der Waals surface area contributed by atoms with Gasteiger partial charge in [-0.3, -0.25) is 0 Å². The first kappa shape index (κ1) is 12.3. The zero-order chi connectivity index (χ0) is 12.2. The first-order valence-electron chi connectivity index (χ1n) is 8.07. The molecule has 0 amide bonds. The standard InChI is InChI=1S/C18H26/c1-3-7-11-17-15(9-5-1)13-14-16-10-6-2-4-8-12-18(16)17/h13-14H,1-12H2. The van der Waals surface area contributed by atoms with E-state index in [0.29, 0.717) is 0 Å². The van der Waals surface area contributed by atoms with Crippen LogP contribution in [-0.2, 0) is 25.7 Å². The van der Waals surface area contributed by atoms with Crippen LogP contribution in [0.5, 0.6) is 0 Å². The maximum absolute atomic E-state index is 2.46. The van der Waals surface area contributed by atoms with E-state index in [1.807, 2.05) is 0 Å². The van der Waals surface area contributed by atoms with Crippen LogP contribution >= 0.6 is 0 Å². The van der Waals surface area contributed by atoms with E-state index >= 15 is 0 Å². The number of rotatable bonds is 0. The molecule has 18 heavy (non-hydrogen) atoms. The number of aryl methyl sites for hydroxylation is 2. The van der Waals surface area contributed by atoms with Gasteiger partial charge in [0, 0.05) is 0 Å². The normalized spacial score (nSPS) is 20.9. The van der Waals surface area contributed by atoms with Crippen molar-refractivity contribution < 1.29 is 0 Å². The van der Waals surface area contributed by atoms with Gasteiger partial charge in [-0.2, -0.15) is 0 Å². The first-order valence-corrected chi connectivity index (χ1v) is 8.07. The Morgan fingerprint density at radius 1 is 0.444 bits per heavy atom. The summed E-state index contributed by atoms with van der Waals surface area (Å²) in [5, 5.41) is 0. The van der Waals surface area contributed by atoms with Gasteiger partial charge in [-0.1, -0.05) is 37.8 Å². The van der Waals surface area contributed by atoms with Gasteiger partial charge >= 0.3 is 0 Å². The van der Waals surface area contributed by atoms with Crippen LogP contribution in [0.3, 0.4) is 0 Å². The van der Waals surface area contributed by atoms with Crippen molar-refractivity contribution in [2.45, 2.75) is 77.0 Å². The molecular weight excluding hydrogens is 216 g/mol. The fraction of sp³-hybridized carbons (Fsp3) is 0.667. The molecule has 3 rings (SSSR count). The van der Waals surface area contributed by atoms with E-state index in [9.17, 15) is 0 Å². The van der Waals surface area contributed by atoms with Gasteiger partial charge in [-0.25, -0.2) is 0 Å². The predicted octanol–water partition coefficient (Wildman–Crippen LogP) is 5.00. The molecule has 0 atom stereocenters. The Bertz CT molecular complexity index is 364. The van der Waals surface area contributed by atoms with E-state index in [0.717, 1.165) is 0 Å². The highest BCUT2D eigenvalue weighted by Crippen LogP contribution is 2.29. The Morgan fingerprint density at radius 2 is 0.833 bits per heavy atom. The molecule has 0 saturated heterocycles. The Balaban J connectivity index is 1.97. The molecule has 0 nitrogen and oxygen atoms in total. The van der Waals surface area contributed by atoms with Crippen LogP contribution in [0.2, 0.25) is 0 Å². The second-order valence-corrected chi connectivity index (χ2v) is 6.17. The molecule has 0 radical (unpaired) electrons. The zero-order valence-corrected chi connectivity index (χ0v) is 11.6. The highest BCUT2D eigenvalue weighted by atomic mass is 14.2.